The van der Waals surface area contributed by atoms with E-state index in [0.717, 1.165) is 30.2 Å². The Morgan fingerprint density at radius 2 is 2.20 bits per heavy atom. The summed E-state index contributed by atoms with van der Waals surface area (Å²) in [6, 6.07) is 4.38. The van der Waals surface area contributed by atoms with Crippen molar-refractivity contribution in [2.75, 3.05) is 13.1 Å². The van der Waals surface area contributed by atoms with Crippen LogP contribution in [0.2, 0.25) is 0 Å². The fourth-order valence-electron chi connectivity index (χ4n) is 4.42. The first-order valence-electron chi connectivity index (χ1n) is 8.44. The Bertz CT molecular complexity index is 441. The Labute approximate surface area is 123 Å². The maximum atomic E-state index is 4.74. The van der Waals surface area contributed by atoms with Crippen molar-refractivity contribution >= 4 is 0 Å². The zero-order valence-electron chi connectivity index (χ0n) is 12.9. The van der Waals surface area contributed by atoms with Gasteiger partial charge in [0.05, 0.1) is 0 Å². The van der Waals surface area contributed by atoms with Crippen LogP contribution in [0.5, 0.6) is 0 Å². The molecule has 0 amide bonds. The monoisotopic (exact) mass is 272 g/mol. The van der Waals surface area contributed by atoms with Crippen LogP contribution in [0.4, 0.5) is 0 Å². The highest BCUT2D eigenvalue weighted by Crippen LogP contribution is 2.46. The van der Waals surface area contributed by atoms with Gasteiger partial charge in [0.15, 0.2) is 0 Å². The highest BCUT2D eigenvalue weighted by Gasteiger charge is 2.38. The molecule has 4 atom stereocenters. The molecule has 3 rings (SSSR count). The maximum Gasteiger partial charge on any atom is 0.0469 e. The molecule has 2 heteroatoms. The zero-order valence-corrected chi connectivity index (χ0v) is 12.9. The molecule has 0 radical (unpaired) electrons. The average Bonchev–Trinajstić information content (AvgIpc) is 2.90. The molecule has 0 spiro atoms. The van der Waals surface area contributed by atoms with E-state index in [2.05, 4.69) is 31.3 Å². The SMILES string of the molecule is CCNCC1CCC(C)CC1C1CCc2cccnc21. The lowest BCUT2D eigenvalue weighted by molar-refractivity contribution is 0.155. The summed E-state index contributed by atoms with van der Waals surface area (Å²) in [7, 11) is 0. The molecule has 0 saturated heterocycles. The van der Waals surface area contributed by atoms with Crippen LogP contribution in [0.3, 0.4) is 0 Å². The molecular weight excluding hydrogens is 244 g/mol. The number of nitrogens with zero attached hydrogens (tertiary/aromatic N) is 1. The average molecular weight is 272 g/mol. The summed E-state index contributed by atoms with van der Waals surface area (Å²) in [4.78, 5) is 4.74. The van der Waals surface area contributed by atoms with Crippen molar-refractivity contribution in [3.8, 4) is 0 Å². The molecule has 2 nitrogen and oxygen atoms in total. The van der Waals surface area contributed by atoms with Crippen molar-refractivity contribution in [3.63, 3.8) is 0 Å². The molecule has 0 aromatic carbocycles. The molecule has 1 aromatic rings. The van der Waals surface area contributed by atoms with E-state index in [-0.39, 0.29) is 0 Å². The van der Waals surface area contributed by atoms with E-state index in [1.165, 1.54) is 49.9 Å². The molecule has 1 N–H and O–H groups in total. The van der Waals surface area contributed by atoms with E-state index in [1.807, 2.05) is 6.20 Å². The minimum atomic E-state index is 0.720. The Morgan fingerprint density at radius 3 is 3.05 bits per heavy atom. The van der Waals surface area contributed by atoms with Gasteiger partial charge in [0, 0.05) is 17.8 Å². The Hall–Kier alpha value is -0.890. The number of hydrogen-bond donors (Lipinski definition) is 1. The molecule has 1 heterocycles. The van der Waals surface area contributed by atoms with E-state index >= 15 is 0 Å². The number of aryl methyl sites for hydroxylation is 1. The highest BCUT2D eigenvalue weighted by atomic mass is 14.9. The van der Waals surface area contributed by atoms with Gasteiger partial charge < -0.3 is 5.32 Å². The van der Waals surface area contributed by atoms with Crippen LogP contribution in [0.15, 0.2) is 18.3 Å². The maximum absolute atomic E-state index is 4.74. The van der Waals surface area contributed by atoms with E-state index in [9.17, 15) is 0 Å². The van der Waals surface area contributed by atoms with Gasteiger partial charge in [0.1, 0.15) is 0 Å². The van der Waals surface area contributed by atoms with Crippen LogP contribution in [0, 0.1) is 17.8 Å². The first kappa shape index (κ1) is 14.1. The predicted molar refractivity (Wildman–Crippen MR) is 83.8 cm³/mol. The van der Waals surface area contributed by atoms with Gasteiger partial charge in [-0.15, -0.1) is 0 Å². The summed E-state index contributed by atoms with van der Waals surface area (Å²) >= 11 is 0. The minimum absolute atomic E-state index is 0.720. The third-order valence-electron chi connectivity index (χ3n) is 5.49. The van der Waals surface area contributed by atoms with Crippen molar-refractivity contribution in [2.24, 2.45) is 17.8 Å². The molecule has 2 aliphatic carbocycles. The summed E-state index contributed by atoms with van der Waals surface area (Å²) in [5.41, 5.74) is 2.94. The van der Waals surface area contributed by atoms with Crippen molar-refractivity contribution in [3.05, 3.63) is 29.6 Å². The molecule has 110 valence electrons. The third kappa shape index (κ3) is 2.76. The highest BCUT2D eigenvalue weighted by molar-refractivity contribution is 5.29. The second-order valence-electron chi connectivity index (χ2n) is 6.84. The minimum Gasteiger partial charge on any atom is -0.317 e. The molecule has 2 aliphatic rings. The van der Waals surface area contributed by atoms with Gasteiger partial charge >= 0.3 is 0 Å². The second-order valence-corrected chi connectivity index (χ2v) is 6.84. The summed E-state index contributed by atoms with van der Waals surface area (Å²) < 4.78 is 0. The van der Waals surface area contributed by atoms with Crippen molar-refractivity contribution < 1.29 is 0 Å². The summed E-state index contributed by atoms with van der Waals surface area (Å²) in [6.45, 7) is 6.95. The Kier molecular flexibility index (Phi) is 4.40. The van der Waals surface area contributed by atoms with Crippen LogP contribution in [-0.2, 0) is 6.42 Å². The van der Waals surface area contributed by atoms with Crippen LogP contribution in [0.25, 0.3) is 0 Å². The number of pyridine rings is 1. The van der Waals surface area contributed by atoms with E-state index in [1.54, 1.807) is 0 Å². The normalized spacial score (nSPS) is 33.1. The Balaban J connectivity index is 1.79. The largest absolute Gasteiger partial charge is 0.317 e. The fourth-order valence-corrected chi connectivity index (χ4v) is 4.42. The van der Waals surface area contributed by atoms with E-state index < -0.39 is 0 Å². The first-order valence-corrected chi connectivity index (χ1v) is 8.44. The molecule has 1 fully saturated rings. The van der Waals surface area contributed by atoms with E-state index in [0.29, 0.717) is 0 Å². The quantitative estimate of drug-likeness (QED) is 0.902. The predicted octanol–water partition coefficient (Wildman–Crippen LogP) is 3.77. The molecular formula is C18H28N2. The fraction of sp³-hybridized carbons (Fsp3) is 0.722. The molecule has 0 aliphatic heterocycles. The van der Waals surface area contributed by atoms with Gasteiger partial charge in [-0.05, 0) is 68.2 Å². The third-order valence-corrected chi connectivity index (χ3v) is 5.49. The molecule has 1 saturated carbocycles. The smallest absolute Gasteiger partial charge is 0.0469 e. The van der Waals surface area contributed by atoms with Gasteiger partial charge in [0.2, 0.25) is 0 Å². The lowest BCUT2D eigenvalue weighted by Crippen LogP contribution is -2.35. The lowest BCUT2D eigenvalue weighted by atomic mass is 9.68. The number of nitrogens with one attached hydrogen (secondary N) is 1. The number of hydrogen-bond acceptors (Lipinski definition) is 2. The molecule has 4 unspecified atom stereocenters. The summed E-state index contributed by atoms with van der Waals surface area (Å²) in [5, 5.41) is 3.59. The van der Waals surface area contributed by atoms with Crippen molar-refractivity contribution in [1.82, 2.24) is 10.3 Å². The lowest BCUT2D eigenvalue weighted by Gasteiger charge is -2.38. The molecule has 0 bridgehead atoms. The van der Waals surface area contributed by atoms with E-state index in [4.69, 9.17) is 4.98 Å². The zero-order chi connectivity index (χ0) is 13.9. The van der Waals surface area contributed by atoms with Gasteiger partial charge in [-0.2, -0.15) is 0 Å². The summed E-state index contributed by atoms with van der Waals surface area (Å²) in [6.07, 6.45) is 8.77. The summed E-state index contributed by atoms with van der Waals surface area (Å²) in [5.74, 6) is 3.31. The number of fused-ring (bicyclic) bond motifs is 1. The Morgan fingerprint density at radius 1 is 1.30 bits per heavy atom. The second kappa shape index (κ2) is 6.26. The van der Waals surface area contributed by atoms with Crippen LogP contribution in [0.1, 0.15) is 56.7 Å². The van der Waals surface area contributed by atoms with Crippen molar-refractivity contribution in [2.45, 2.75) is 51.9 Å². The van der Waals surface area contributed by atoms with Gasteiger partial charge in [-0.1, -0.05) is 26.3 Å². The van der Waals surface area contributed by atoms with Crippen LogP contribution >= 0.6 is 0 Å². The van der Waals surface area contributed by atoms with Crippen LogP contribution in [-0.4, -0.2) is 18.1 Å². The molecule has 20 heavy (non-hydrogen) atoms. The van der Waals surface area contributed by atoms with Crippen LogP contribution < -0.4 is 5.32 Å². The van der Waals surface area contributed by atoms with Gasteiger partial charge in [-0.3, -0.25) is 4.98 Å². The van der Waals surface area contributed by atoms with Gasteiger partial charge in [-0.25, -0.2) is 0 Å². The number of rotatable bonds is 4. The molecule has 1 aromatic heterocycles. The van der Waals surface area contributed by atoms with Gasteiger partial charge in [0.25, 0.3) is 0 Å². The number of aromatic nitrogens is 1. The standard InChI is InChI=1S/C18H28N2/c1-3-19-12-15-7-6-13(2)11-17(15)16-9-8-14-5-4-10-20-18(14)16/h4-5,10,13,15-17,19H,3,6-9,11-12H2,1-2H3. The van der Waals surface area contributed by atoms with Crippen molar-refractivity contribution in [1.29, 1.82) is 0 Å². The first-order chi connectivity index (χ1) is 9.79. The topological polar surface area (TPSA) is 24.9 Å².